The number of carboxylic acids is 1. The molecule has 0 unspecified atom stereocenters. The van der Waals surface area contributed by atoms with Gasteiger partial charge in [-0.3, -0.25) is 4.79 Å². The number of ether oxygens (including phenoxy) is 2. The van der Waals surface area contributed by atoms with Gasteiger partial charge in [0.05, 0.1) is 19.8 Å². The SMILES string of the molecule is COc1ccc(OC)c(C(=O)/C=C/C(=O)O)c1. The second-order valence-electron chi connectivity index (χ2n) is 3.10. The van der Waals surface area contributed by atoms with Crippen molar-refractivity contribution in [1.29, 1.82) is 0 Å². The molecular formula is C12H12O5. The van der Waals surface area contributed by atoms with Crippen molar-refractivity contribution in [2.75, 3.05) is 14.2 Å². The van der Waals surface area contributed by atoms with Crippen LogP contribution in [0.1, 0.15) is 10.4 Å². The lowest BCUT2D eigenvalue weighted by atomic mass is 10.1. The number of rotatable bonds is 5. The number of hydrogen-bond donors (Lipinski definition) is 1. The molecule has 1 aromatic carbocycles. The zero-order valence-corrected chi connectivity index (χ0v) is 9.47. The fourth-order valence-electron chi connectivity index (χ4n) is 1.24. The quantitative estimate of drug-likeness (QED) is 0.620. The highest BCUT2D eigenvalue weighted by molar-refractivity contribution is 6.08. The van der Waals surface area contributed by atoms with E-state index in [1.54, 1.807) is 12.1 Å². The van der Waals surface area contributed by atoms with Crippen molar-refractivity contribution >= 4 is 11.8 Å². The topological polar surface area (TPSA) is 72.8 Å². The van der Waals surface area contributed by atoms with Crippen LogP contribution in [0.4, 0.5) is 0 Å². The van der Waals surface area contributed by atoms with Crippen LogP contribution in [0.25, 0.3) is 0 Å². The number of methoxy groups -OCH3 is 2. The number of aliphatic carboxylic acids is 1. The third kappa shape index (κ3) is 3.34. The number of carboxylic acid groups (broad SMARTS) is 1. The van der Waals surface area contributed by atoms with Gasteiger partial charge in [0.2, 0.25) is 0 Å². The summed E-state index contributed by atoms with van der Waals surface area (Å²) in [4.78, 5) is 22.0. The molecule has 0 heterocycles. The maximum atomic E-state index is 11.7. The average molecular weight is 236 g/mol. The van der Waals surface area contributed by atoms with Crippen LogP contribution in [0.15, 0.2) is 30.4 Å². The normalized spacial score (nSPS) is 10.2. The van der Waals surface area contributed by atoms with Gasteiger partial charge in [-0.05, 0) is 24.3 Å². The van der Waals surface area contributed by atoms with Crippen LogP contribution in [-0.4, -0.2) is 31.1 Å². The number of hydrogen-bond acceptors (Lipinski definition) is 4. The molecule has 0 aliphatic rings. The van der Waals surface area contributed by atoms with E-state index in [4.69, 9.17) is 14.6 Å². The highest BCUT2D eigenvalue weighted by atomic mass is 16.5. The Kier molecular flexibility index (Phi) is 4.28. The molecule has 0 radical (unpaired) electrons. The number of carbonyl (C=O) groups excluding carboxylic acids is 1. The van der Waals surface area contributed by atoms with Crippen LogP contribution in [-0.2, 0) is 4.79 Å². The Hall–Kier alpha value is -2.30. The van der Waals surface area contributed by atoms with Crippen LogP contribution in [0.2, 0.25) is 0 Å². The molecule has 17 heavy (non-hydrogen) atoms. The Morgan fingerprint density at radius 1 is 1.18 bits per heavy atom. The van der Waals surface area contributed by atoms with E-state index in [-0.39, 0.29) is 5.56 Å². The minimum atomic E-state index is -1.18. The third-order valence-electron chi connectivity index (χ3n) is 2.05. The fraction of sp³-hybridized carbons (Fsp3) is 0.167. The van der Waals surface area contributed by atoms with Crippen molar-refractivity contribution in [3.8, 4) is 11.5 Å². The number of allylic oxidation sites excluding steroid dienone is 1. The van der Waals surface area contributed by atoms with Gasteiger partial charge >= 0.3 is 5.97 Å². The molecule has 5 heteroatoms. The zero-order chi connectivity index (χ0) is 12.8. The van der Waals surface area contributed by atoms with Crippen LogP contribution in [0.3, 0.4) is 0 Å². The van der Waals surface area contributed by atoms with Gasteiger partial charge < -0.3 is 14.6 Å². The molecule has 0 saturated carbocycles. The molecule has 90 valence electrons. The van der Waals surface area contributed by atoms with E-state index >= 15 is 0 Å². The number of benzene rings is 1. The molecule has 1 rings (SSSR count). The predicted octanol–water partition coefficient (Wildman–Crippen LogP) is 1.53. The molecule has 0 fully saturated rings. The Morgan fingerprint density at radius 3 is 2.41 bits per heavy atom. The van der Waals surface area contributed by atoms with E-state index in [9.17, 15) is 9.59 Å². The minimum absolute atomic E-state index is 0.254. The molecule has 1 aromatic rings. The highest BCUT2D eigenvalue weighted by Crippen LogP contribution is 2.24. The van der Waals surface area contributed by atoms with Crippen molar-refractivity contribution in [2.24, 2.45) is 0 Å². The van der Waals surface area contributed by atoms with Crippen molar-refractivity contribution in [2.45, 2.75) is 0 Å². The molecule has 0 amide bonds. The molecule has 1 N–H and O–H groups in total. The van der Waals surface area contributed by atoms with E-state index in [2.05, 4.69) is 0 Å². The molecule has 0 atom stereocenters. The van der Waals surface area contributed by atoms with Gasteiger partial charge in [0.1, 0.15) is 11.5 Å². The van der Waals surface area contributed by atoms with E-state index in [1.165, 1.54) is 20.3 Å². The average Bonchev–Trinajstić information content (AvgIpc) is 2.34. The van der Waals surface area contributed by atoms with Crippen LogP contribution in [0, 0.1) is 0 Å². The van der Waals surface area contributed by atoms with Gasteiger partial charge in [-0.25, -0.2) is 4.79 Å². The fourth-order valence-corrected chi connectivity index (χ4v) is 1.24. The maximum absolute atomic E-state index is 11.7. The van der Waals surface area contributed by atoms with Gasteiger partial charge in [0, 0.05) is 6.08 Å². The van der Waals surface area contributed by atoms with E-state index in [1.807, 2.05) is 0 Å². The third-order valence-corrected chi connectivity index (χ3v) is 2.05. The summed E-state index contributed by atoms with van der Waals surface area (Å²) in [5.74, 6) is -0.771. The first kappa shape index (κ1) is 12.8. The van der Waals surface area contributed by atoms with Gasteiger partial charge in [0.15, 0.2) is 5.78 Å². The molecule has 5 nitrogen and oxygen atoms in total. The van der Waals surface area contributed by atoms with E-state index in [0.717, 1.165) is 12.2 Å². The van der Waals surface area contributed by atoms with Gasteiger partial charge in [0.25, 0.3) is 0 Å². The first-order valence-corrected chi connectivity index (χ1v) is 4.76. The smallest absolute Gasteiger partial charge is 0.328 e. The summed E-state index contributed by atoms with van der Waals surface area (Å²) in [6, 6.07) is 4.73. The summed E-state index contributed by atoms with van der Waals surface area (Å²) in [5, 5.41) is 8.44. The van der Waals surface area contributed by atoms with Crippen molar-refractivity contribution < 1.29 is 24.2 Å². The van der Waals surface area contributed by atoms with E-state index in [0.29, 0.717) is 11.5 Å². The van der Waals surface area contributed by atoms with Crippen LogP contribution >= 0.6 is 0 Å². The summed E-state index contributed by atoms with van der Waals surface area (Å²) < 4.78 is 10.00. The van der Waals surface area contributed by atoms with Crippen LogP contribution in [0.5, 0.6) is 11.5 Å². The van der Waals surface area contributed by atoms with Crippen LogP contribution < -0.4 is 9.47 Å². The van der Waals surface area contributed by atoms with Gasteiger partial charge in [-0.2, -0.15) is 0 Å². The first-order valence-electron chi connectivity index (χ1n) is 4.76. The predicted molar refractivity (Wildman–Crippen MR) is 60.7 cm³/mol. The summed E-state index contributed by atoms with van der Waals surface area (Å²) in [6.07, 6.45) is 1.75. The second-order valence-corrected chi connectivity index (χ2v) is 3.10. The number of ketones is 1. The summed E-state index contributed by atoms with van der Waals surface area (Å²) in [6.45, 7) is 0. The zero-order valence-electron chi connectivity index (χ0n) is 9.47. The Labute approximate surface area is 98.3 Å². The lowest BCUT2D eigenvalue weighted by Gasteiger charge is -2.07. The van der Waals surface area contributed by atoms with Crippen molar-refractivity contribution in [3.63, 3.8) is 0 Å². The standard InChI is InChI=1S/C12H12O5/c1-16-8-3-5-11(17-2)9(7-8)10(13)4-6-12(14)15/h3-7H,1-2H3,(H,14,15)/b6-4+. The van der Waals surface area contributed by atoms with Crippen molar-refractivity contribution in [3.05, 3.63) is 35.9 Å². The Morgan fingerprint density at radius 2 is 1.88 bits per heavy atom. The molecule has 0 aliphatic heterocycles. The van der Waals surface area contributed by atoms with Gasteiger partial charge in [-0.15, -0.1) is 0 Å². The maximum Gasteiger partial charge on any atom is 0.328 e. The number of carbonyl (C=O) groups is 2. The first-order chi connectivity index (χ1) is 8.08. The minimum Gasteiger partial charge on any atom is -0.497 e. The Balaban J connectivity index is 3.09. The van der Waals surface area contributed by atoms with E-state index < -0.39 is 11.8 Å². The molecule has 0 saturated heterocycles. The molecular weight excluding hydrogens is 224 g/mol. The molecule has 0 aromatic heterocycles. The monoisotopic (exact) mass is 236 g/mol. The Bertz CT molecular complexity index is 462. The second kappa shape index (κ2) is 5.69. The molecule has 0 spiro atoms. The largest absolute Gasteiger partial charge is 0.497 e. The summed E-state index contributed by atoms with van der Waals surface area (Å²) >= 11 is 0. The summed E-state index contributed by atoms with van der Waals surface area (Å²) in [5.41, 5.74) is 0.254. The lowest BCUT2D eigenvalue weighted by Crippen LogP contribution is -2.01. The lowest BCUT2D eigenvalue weighted by molar-refractivity contribution is -0.131. The van der Waals surface area contributed by atoms with Crippen molar-refractivity contribution in [1.82, 2.24) is 0 Å². The molecule has 0 bridgehead atoms. The highest BCUT2D eigenvalue weighted by Gasteiger charge is 2.11. The van der Waals surface area contributed by atoms with Gasteiger partial charge in [-0.1, -0.05) is 0 Å². The summed E-state index contributed by atoms with van der Waals surface area (Å²) in [7, 11) is 2.91. The molecule has 0 aliphatic carbocycles.